The summed E-state index contributed by atoms with van der Waals surface area (Å²) in [5.74, 6) is -2.14. The lowest BCUT2D eigenvalue weighted by molar-refractivity contribution is -0.192. The molecule has 0 spiro atoms. The van der Waals surface area contributed by atoms with Crippen LogP contribution in [0.4, 0.5) is 13.2 Å². The van der Waals surface area contributed by atoms with E-state index in [9.17, 15) is 18.0 Å². The lowest BCUT2D eigenvalue weighted by atomic mass is 10.2. The van der Waals surface area contributed by atoms with Crippen LogP contribution in [0.3, 0.4) is 0 Å². The Morgan fingerprint density at radius 3 is 2.23 bits per heavy atom. The molecule has 0 radical (unpaired) electrons. The summed E-state index contributed by atoms with van der Waals surface area (Å²) in [6, 6.07) is 9.64. The summed E-state index contributed by atoms with van der Waals surface area (Å²) in [4.78, 5) is 20.9. The van der Waals surface area contributed by atoms with Crippen molar-refractivity contribution in [2.75, 3.05) is 12.3 Å². The first-order valence-electron chi connectivity index (χ1n) is 7.83. The largest absolute Gasteiger partial charge is 0.490 e. The molecular weight excluding hydrogens is 371 g/mol. The topological polar surface area (TPSA) is 104 Å². The second kappa shape index (κ2) is 12.6. The lowest BCUT2D eigenvalue weighted by Crippen LogP contribution is -2.48. The molecule has 0 aliphatic carbocycles. The number of carbonyl (C=O) groups is 2. The zero-order valence-corrected chi connectivity index (χ0v) is 15.2. The monoisotopic (exact) mass is 395 g/mol. The van der Waals surface area contributed by atoms with Gasteiger partial charge in [-0.25, -0.2) is 4.79 Å². The summed E-state index contributed by atoms with van der Waals surface area (Å²) in [5.41, 5.74) is 6.87. The Morgan fingerprint density at radius 2 is 1.81 bits per heavy atom. The average Bonchev–Trinajstić information content (AvgIpc) is 2.60. The summed E-state index contributed by atoms with van der Waals surface area (Å²) in [7, 11) is 0. The van der Waals surface area contributed by atoms with Gasteiger partial charge in [0.15, 0.2) is 0 Å². The molecule has 0 aliphatic heterocycles. The molecule has 1 amide bonds. The number of aliphatic carboxylic acids is 1. The van der Waals surface area contributed by atoms with E-state index in [1.54, 1.807) is 0 Å². The third-order valence-electron chi connectivity index (χ3n) is 3.14. The van der Waals surface area contributed by atoms with Crippen molar-refractivity contribution < 1.29 is 27.9 Å². The van der Waals surface area contributed by atoms with Crippen molar-refractivity contribution >= 4 is 24.5 Å². The molecule has 0 aromatic heterocycles. The fourth-order valence-electron chi connectivity index (χ4n) is 1.69. The predicted octanol–water partition coefficient (Wildman–Crippen LogP) is 1.56. The van der Waals surface area contributed by atoms with Gasteiger partial charge in [0.25, 0.3) is 0 Å². The highest BCUT2D eigenvalue weighted by molar-refractivity contribution is 7.80. The Kier molecular flexibility index (Phi) is 11.7. The number of carbonyl (C=O) groups excluding carboxylic acids is 1. The molecular formula is C16H24F3N3O3S. The number of nitrogens with one attached hydrogen (secondary N) is 2. The summed E-state index contributed by atoms with van der Waals surface area (Å²) in [6.07, 6.45) is -4.35. The van der Waals surface area contributed by atoms with Crippen molar-refractivity contribution in [3.63, 3.8) is 0 Å². The lowest BCUT2D eigenvalue weighted by Gasteiger charge is -2.18. The maximum Gasteiger partial charge on any atom is 0.490 e. The molecule has 5 N–H and O–H groups in total. The van der Waals surface area contributed by atoms with Crippen LogP contribution < -0.4 is 16.4 Å². The molecule has 0 bridgehead atoms. The number of carboxylic acids is 1. The van der Waals surface area contributed by atoms with Crippen LogP contribution in [0, 0.1) is 0 Å². The number of carboxylic acid groups (broad SMARTS) is 1. The number of hydrogen-bond donors (Lipinski definition) is 5. The minimum atomic E-state index is -5.08. The molecule has 2 atom stereocenters. The molecule has 10 heteroatoms. The molecule has 0 heterocycles. The van der Waals surface area contributed by atoms with E-state index in [2.05, 4.69) is 23.3 Å². The van der Waals surface area contributed by atoms with Gasteiger partial charge in [0.1, 0.15) is 0 Å². The zero-order chi connectivity index (χ0) is 20.2. The van der Waals surface area contributed by atoms with Gasteiger partial charge in [-0.3, -0.25) is 4.79 Å². The van der Waals surface area contributed by atoms with Crippen LogP contribution in [0.5, 0.6) is 0 Å². The van der Waals surface area contributed by atoms with E-state index in [0.29, 0.717) is 18.8 Å². The number of hydrogen-bond acceptors (Lipinski definition) is 5. The number of nitrogens with two attached hydrogens (primary N) is 1. The van der Waals surface area contributed by atoms with Gasteiger partial charge in [-0.15, -0.1) is 0 Å². The molecule has 148 valence electrons. The van der Waals surface area contributed by atoms with E-state index in [0.717, 1.165) is 12.0 Å². The summed E-state index contributed by atoms with van der Waals surface area (Å²) in [5, 5.41) is 13.2. The van der Waals surface area contributed by atoms with E-state index in [4.69, 9.17) is 15.6 Å². The Balaban J connectivity index is 0.000000758. The first-order chi connectivity index (χ1) is 12.1. The van der Waals surface area contributed by atoms with E-state index < -0.39 is 12.1 Å². The Labute approximate surface area is 155 Å². The van der Waals surface area contributed by atoms with Gasteiger partial charge < -0.3 is 21.5 Å². The zero-order valence-electron chi connectivity index (χ0n) is 14.3. The highest BCUT2D eigenvalue weighted by atomic mass is 32.1. The second-order valence-corrected chi connectivity index (χ2v) is 5.68. The van der Waals surface area contributed by atoms with Crippen LogP contribution in [0.1, 0.15) is 18.9 Å². The van der Waals surface area contributed by atoms with Gasteiger partial charge in [-0.2, -0.15) is 25.8 Å². The Morgan fingerprint density at radius 1 is 1.27 bits per heavy atom. The smallest absolute Gasteiger partial charge is 0.475 e. The third kappa shape index (κ3) is 11.0. The van der Waals surface area contributed by atoms with Crippen LogP contribution in [-0.4, -0.2) is 47.5 Å². The second-order valence-electron chi connectivity index (χ2n) is 5.32. The van der Waals surface area contributed by atoms with Crippen molar-refractivity contribution in [1.82, 2.24) is 10.6 Å². The minimum absolute atomic E-state index is 0.0118. The van der Waals surface area contributed by atoms with Crippen molar-refractivity contribution in [3.8, 4) is 0 Å². The number of alkyl halides is 3. The van der Waals surface area contributed by atoms with Crippen molar-refractivity contribution in [2.45, 2.75) is 38.1 Å². The van der Waals surface area contributed by atoms with Crippen LogP contribution in [0.25, 0.3) is 0 Å². The molecule has 6 nitrogen and oxygen atoms in total. The van der Waals surface area contributed by atoms with E-state index in [-0.39, 0.29) is 18.0 Å². The van der Waals surface area contributed by atoms with E-state index in [1.165, 1.54) is 0 Å². The molecule has 0 saturated carbocycles. The van der Waals surface area contributed by atoms with Gasteiger partial charge in [0, 0.05) is 24.9 Å². The fraction of sp³-hybridized carbons (Fsp3) is 0.500. The Bertz CT molecular complexity index is 545. The molecule has 0 fully saturated rings. The average molecular weight is 395 g/mol. The van der Waals surface area contributed by atoms with E-state index in [1.807, 2.05) is 37.3 Å². The molecule has 1 aromatic rings. The molecule has 1 aromatic carbocycles. The number of halogens is 3. The molecule has 0 aliphatic rings. The predicted molar refractivity (Wildman–Crippen MR) is 95.9 cm³/mol. The minimum Gasteiger partial charge on any atom is -0.475 e. The van der Waals surface area contributed by atoms with Crippen molar-refractivity contribution in [3.05, 3.63) is 35.9 Å². The number of rotatable bonds is 8. The van der Waals surface area contributed by atoms with Gasteiger partial charge in [0.2, 0.25) is 5.91 Å². The maximum atomic E-state index is 12.0. The highest BCUT2D eigenvalue weighted by Crippen LogP contribution is 2.13. The molecule has 1 unspecified atom stereocenters. The van der Waals surface area contributed by atoms with Crippen LogP contribution in [0.2, 0.25) is 0 Å². The van der Waals surface area contributed by atoms with Gasteiger partial charge in [-0.05, 0) is 12.0 Å². The van der Waals surface area contributed by atoms with Gasteiger partial charge >= 0.3 is 12.1 Å². The van der Waals surface area contributed by atoms with Gasteiger partial charge in [-0.1, -0.05) is 37.3 Å². The first kappa shape index (κ1) is 24.2. The maximum absolute atomic E-state index is 12.0. The summed E-state index contributed by atoms with van der Waals surface area (Å²) >= 11 is 4.12. The standard InChI is InChI=1S/C14H23N3OS.C2HF3O2/c1-2-13(16-9-12(15)10-19)14(18)17-8-11-6-4-3-5-7-11;3-2(4,5)1(6)7/h3-7,12-13,16,19H,2,8-10,15H2,1H3,(H,17,18);(H,6,7)/t12-,13?;/m0./s1. The van der Waals surface area contributed by atoms with Crippen molar-refractivity contribution in [1.29, 1.82) is 0 Å². The highest BCUT2D eigenvalue weighted by Gasteiger charge is 2.38. The van der Waals surface area contributed by atoms with Crippen LogP contribution in [0.15, 0.2) is 30.3 Å². The SMILES string of the molecule is CCC(NC[C@H](N)CS)C(=O)NCc1ccccc1.O=C(O)C(F)(F)F. The summed E-state index contributed by atoms with van der Waals surface area (Å²) < 4.78 is 31.7. The number of benzene rings is 1. The summed E-state index contributed by atoms with van der Waals surface area (Å²) in [6.45, 7) is 3.13. The molecule has 1 rings (SSSR count). The Hall–Kier alpha value is -1.78. The first-order valence-corrected chi connectivity index (χ1v) is 8.46. The fourth-order valence-corrected chi connectivity index (χ4v) is 1.82. The molecule has 0 saturated heterocycles. The quantitative estimate of drug-likeness (QED) is 0.430. The van der Waals surface area contributed by atoms with E-state index >= 15 is 0 Å². The molecule has 26 heavy (non-hydrogen) atoms. The van der Waals surface area contributed by atoms with Crippen LogP contribution in [-0.2, 0) is 16.1 Å². The van der Waals surface area contributed by atoms with Crippen LogP contribution >= 0.6 is 12.6 Å². The number of thiol groups is 1. The third-order valence-corrected chi connectivity index (χ3v) is 3.61. The number of amides is 1. The normalized spacial score (nSPS) is 13.2. The van der Waals surface area contributed by atoms with Gasteiger partial charge in [0.05, 0.1) is 6.04 Å². The van der Waals surface area contributed by atoms with Crippen molar-refractivity contribution in [2.24, 2.45) is 5.73 Å².